The van der Waals surface area contributed by atoms with E-state index < -0.39 is 0 Å². The summed E-state index contributed by atoms with van der Waals surface area (Å²) in [6, 6.07) is 0. The third-order valence-corrected chi connectivity index (χ3v) is 3.35. The van der Waals surface area contributed by atoms with Gasteiger partial charge in [-0.1, -0.05) is 29.8 Å². The summed E-state index contributed by atoms with van der Waals surface area (Å²) in [5.41, 5.74) is 0. The Labute approximate surface area is 102 Å². The largest absolute Gasteiger partial charge is 0.380 e. The van der Waals surface area contributed by atoms with E-state index in [4.69, 9.17) is 4.74 Å². The van der Waals surface area contributed by atoms with E-state index in [0.29, 0.717) is 5.92 Å². The highest BCUT2D eigenvalue weighted by molar-refractivity contribution is 9.09. The second kappa shape index (κ2) is 7.64. The summed E-state index contributed by atoms with van der Waals surface area (Å²) < 4.78 is 5.60. The highest BCUT2D eigenvalue weighted by Crippen LogP contribution is 2.19. The summed E-state index contributed by atoms with van der Waals surface area (Å²) in [5.74, 6) is 1.57. The van der Waals surface area contributed by atoms with Crippen LogP contribution in [0.15, 0.2) is 0 Å². The van der Waals surface area contributed by atoms with E-state index >= 15 is 0 Å². The number of likely N-dealkylation sites (tertiary alicyclic amines) is 1. The van der Waals surface area contributed by atoms with Crippen LogP contribution in [0.25, 0.3) is 0 Å². The third-order valence-electron chi connectivity index (χ3n) is 2.89. The van der Waals surface area contributed by atoms with Crippen molar-refractivity contribution in [3.63, 3.8) is 0 Å². The van der Waals surface area contributed by atoms with Crippen LogP contribution in [-0.2, 0) is 4.74 Å². The summed E-state index contributed by atoms with van der Waals surface area (Å²) in [6.45, 7) is 9.85. The number of ether oxygens (including phenoxy) is 1. The average Bonchev–Trinajstić information content (AvgIpc) is 2.61. The van der Waals surface area contributed by atoms with Crippen LogP contribution in [-0.4, -0.2) is 43.1 Å². The van der Waals surface area contributed by atoms with Crippen LogP contribution < -0.4 is 0 Å². The summed E-state index contributed by atoms with van der Waals surface area (Å²) in [4.78, 5) is 2.54. The molecular formula is C12H24BrNO. The summed E-state index contributed by atoms with van der Waals surface area (Å²) in [6.07, 6.45) is 2.69. The van der Waals surface area contributed by atoms with Crippen molar-refractivity contribution < 1.29 is 4.74 Å². The third kappa shape index (κ3) is 5.88. The summed E-state index contributed by atoms with van der Waals surface area (Å²) >= 11 is 3.52. The van der Waals surface area contributed by atoms with Gasteiger partial charge in [-0.05, 0) is 31.2 Å². The topological polar surface area (TPSA) is 12.5 Å². The molecule has 0 radical (unpaired) electrons. The summed E-state index contributed by atoms with van der Waals surface area (Å²) in [7, 11) is 0. The molecule has 1 fully saturated rings. The molecule has 0 aliphatic carbocycles. The molecule has 0 aromatic heterocycles. The number of alkyl halides is 1. The van der Waals surface area contributed by atoms with Crippen molar-refractivity contribution in [2.75, 3.05) is 38.2 Å². The van der Waals surface area contributed by atoms with Gasteiger partial charge in [0.15, 0.2) is 0 Å². The lowest BCUT2D eigenvalue weighted by atomic mass is 10.1. The fourth-order valence-electron chi connectivity index (χ4n) is 2.02. The predicted molar refractivity (Wildman–Crippen MR) is 68.6 cm³/mol. The lowest BCUT2D eigenvalue weighted by Crippen LogP contribution is -2.25. The van der Waals surface area contributed by atoms with Gasteiger partial charge in [-0.3, -0.25) is 0 Å². The van der Waals surface area contributed by atoms with Gasteiger partial charge < -0.3 is 9.64 Å². The first-order valence-electron chi connectivity index (χ1n) is 6.08. The van der Waals surface area contributed by atoms with Gasteiger partial charge in [-0.2, -0.15) is 0 Å². The van der Waals surface area contributed by atoms with Gasteiger partial charge in [0.2, 0.25) is 0 Å². The number of hydrogen-bond acceptors (Lipinski definition) is 2. The Morgan fingerprint density at radius 3 is 2.93 bits per heavy atom. The van der Waals surface area contributed by atoms with E-state index in [1.165, 1.54) is 25.9 Å². The number of rotatable bonds is 7. The number of hydrogen-bond donors (Lipinski definition) is 0. The lowest BCUT2D eigenvalue weighted by molar-refractivity contribution is 0.0903. The van der Waals surface area contributed by atoms with Crippen molar-refractivity contribution >= 4 is 15.9 Å². The molecule has 1 unspecified atom stereocenters. The van der Waals surface area contributed by atoms with Gasteiger partial charge in [-0.25, -0.2) is 0 Å². The smallest absolute Gasteiger partial charge is 0.0593 e. The molecule has 3 heteroatoms. The second-order valence-corrected chi connectivity index (χ2v) is 5.69. The Hall–Kier alpha value is 0.400. The van der Waals surface area contributed by atoms with Crippen molar-refractivity contribution in [1.82, 2.24) is 4.90 Å². The second-order valence-electron chi connectivity index (χ2n) is 4.90. The number of nitrogens with zero attached hydrogens (tertiary/aromatic N) is 1. The average molecular weight is 278 g/mol. The Bertz CT molecular complexity index is 164. The maximum absolute atomic E-state index is 5.60. The van der Waals surface area contributed by atoms with Crippen LogP contribution >= 0.6 is 15.9 Å². The maximum atomic E-state index is 5.60. The van der Waals surface area contributed by atoms with Crippen LogP contribution in [0.4, 0.5) is 0 Å². The Morgan fingerprint density at radius 2 is 2.27 bits per heavy atom. The molecule has 2 nitrogen and oxygen atoms in total. The lowest BCUT2D eigenvalue weighted by Gasteiger charge is -2.16. The molecule has 1 aliphatic rings. The quantitative estimate of drug-likeness (QED) is 0.524. The molecule has 0 aromatic carbocycles. The maximum Gasteiger partial charge on any atom is 0.0593 e. The minimum Gasteiger partial charge on any atom is -0.380 e. The van der Waals surface area contributed by atoms with Gasteiger partial charge >= 0.3 is 0 Å². The van der Waals surface area contributed by atoms with Crippen LogP contribution in [0.1, 0.15) is 26.7 Å². The minimum atomic E-state index is 0.657. The fourth-order valence-corrected chi connectivity index (χ4v) is 2.67. The molecule has 0 amide bonds. The molecule has 1 rings (SSSR count). The Morgan fingerprint density at radius 1 is 1.47 bits per heavy atom. The zero-order valence-corrected chi connectivity index (χ0v) is 11.6. The molecular weight excluding hydrogens is 254 g/mol. The number of halogens is 1. The van der Waals surface area contributed by atoms with Crippen molar-refractivity contribution in [1.29, 1.82) is 0 Å². The van der Waals surface area contributed by atoms with E-state index in [-0.39, 0.29) is 0 Å². The molecule has 0 spiro atoms. The van der Waals surface area contributed by atoms with Crippen LogP contribution in [0.2, 0.25) is 0 Å². The molecule has 0 N–H and O–H groups in total. The SMILES string of the molecule is CC(C)COCCN1CCC(CCBr)C1. The molecule has 90 valence electrons. The first-order chi connectivity index (χ1) is 7.22. The normalized spacial score (nSPS) is 22.8. The Kier molecular flexibility index (Phi) is 6.86. The van der Waals surface area contributed by atoms with E-state index in [9.17, 15) is 0 Å². The monoisotopic (exact) mass is 277 g/mol. The van der Waals surface area contributed by atoms with Crippen molar-refractivity contribution in [3.8, 4) is 0 Å². The molecule has 1 aliphatic heterocycles. The van der Waals surface area contributed by atoms with Crippen LogP contribution in [0, 0.1) is 11.8 Å². The first kappa shape index (κ1) is 13.5. The standard InChI is InChI=1S/C12H24BrNO/c1-11(2)10-15-8-7-14-6-4-12(9-14)3-5-13/h11-12H,3-10H2,1-2H3. The zero-order chi connectivity index (χ0) is 11.1. The van der Waals surface area contributed by atoms with Crippen molar-refractivity contribution in [2.24, 2.45) is 11.8 Å². The van der Waals surface area contributed by atoms with Crippen molar-refractivity contribution in [3.05, 3.63) is 0 Å². The predicted octanol–water partition coefficient (Wildman–Crippen LogP) is 2.77. The van der Waals surface area contributed by atoms with E-state index in [1.807, 2.05) is 0 Å². The zero-order valence-electron chi connectivity index (χ0n) is 10.0. The highest BCUT2D eigenvalue weighted by Gasteiger charge is 2.20. The molecule has 1 heterocycles. The van der Waals surface area contributed by atoms with Crippen molar-refractivity contribution in [2.45, 2.75) is 26.7 Å². The molecule has 0 bridgehead atoms. The Balaban J connectivity index is 1.99. The highest BCUT2D eigenvalue weighted by atomic mass is 79.9. The first-order valence-corrected chi connectivity index (χ1v) is 7.20. The van der Waals surface area contributed by atoms with Gasteiger partial charge in [-0.15, -0.1) is 0 Å². The molecule has 0 saturated carbocycles. The fraction of sp³-hybridized carbons (Fsp3) is 1.00. The molecule has 0 aromatic rings. The van der Waals surface area contributed by atoms with Gasteiger partial charge in [0, 0.05) is 25.0 Å². The van der Waals surface area contributed by atoms with E-state index in [1.54, 1.807) is 0 Å². The molecule has 1 saturated heterocycles. The minimum absolute atomic E-state index is 0.657. The van der Waals surface area contributed by atoms with Crippen LogP contribution in [0.3, 0.4) is 0 Å². The van der Waals surface area contributed by atoms with Crippen LogP contribution in [0.5, 0.6) is 0 Å². The van der Waals surface area contributed by atoms with Gasteiger partial charge in [0.25, 0.3) is 0 Å². The van der Waals surface area contributed by atoms with Gasteiger partial charge in [0.1, 0.15) is 0 Å². The summed E-state index contributed by atoms with van der Waals surface area (Å²) in [5, 5.41) is 1.15. The molecule has 15 heavy (non-hydrogen) atoms. The van der Waals surface area contributed by atoms with E-state index in [0.717, 1.165) is 31.0 Å². The van der Waals surface area contributed by atoms with Gasteiger partial charge in [0.05, 0.1) is 6.61 Å². The molecule has 1 atom stereocenters. The van der Waals surface area contributed by atoms with E-state index in [2.05, 4.69) is 34.7 Å².